The Bertz CT molecular complexity index is 1050. The monoisotopic (exact) mass is 341 g/mol. The summed E-state index contributed by atoms with van der Waals surface area (Å²) in [5.41, 5.74) is 4.88. The molecule has 4 aromatic rings. The normalized spacial score (nSPS) is 10.7. The van der Waals surface area contributed by atoms with Crippen molar-refractivity contribution in [3.63, 3.8) is 0 Å². The maximum absolute atomic E-state index is 4.59. The van der Waals surface area contributed by atoms with Gasteiger partial charge in [-0.25, -0.2) is 4.98 Å². The number of pyridine rings is 1. The van der Waals surface area contributed by atoms with E-state index in [-0.39, 0.29) is 0 Å². The van der Waals surface area contributed by atoms with E-state index < -0.39 is 0 Å². The Morgan fingerprint density at radius 1 is 0.808 bits per heavy atom. The number of anilines is 4. The van der Waals surface area contributed by atoms with Crippen LogP contribution in [0.4, 0.5) is 23.1 Å². The van der Waals surface area contributed by atoms with Crippen LogP contribution in [0.1, 0.15) is 11.3 Å². The molecule has 0 fully saturated rings. The average Bonchev–Trinajstić information content (AvgIpc) is 2.64. The van der Waals surface area contributed by atoms with Crippen LogP contribution in [0.3, 0.4) is 0 Å². The number of hydrogen-bond acceptors (Lipinski definition) is 5. The second kappa shape index (κ2) is 6.80. The number of nitrogens with zero attached hydrogens (tertiary/aromatic N) is 3. The van der Waals surface area contributed by atoms with Crippen molar-refractivity contribution in [2.24, 2.45) is 0 Å². The van der Waals surface area contributed by atoms with Gasteiger partial charge in [0.15, 0.2) is 0 Å². The van der Waals surface area contributed by atoms with E-state index in [1.807, 2.05) is 55.5 Å². The number of hydrogen-bond donors (Lipinski definition) is 2. The molecular formula is C21H19N5. The highest BCUT2D eigenvalue weighted by Gasteiger charge is 2.07. The molecule has 26 heavy (non-hydrogen) atoms. The second-order valence-electron chi connectivity index (χ2n) is 6.21. The van der Waals surface area contributed by atoms with E-state index in [0.717, 1.165) is 33.8 Å². The Labute approximate surface area is 152 Å². The van der Waals surface area contributed by atoms with Crippen molar-refractivity contribution in [3.05, 3.63) is 78.1 Å². The Morgan fingerprint density at radius 3 is 2.46 bits per heavy atom. The van der Waals surface area contributed by atoms with Gasteiger partial charge in [-0.05, 0) is 38.1 Å². The van der Waals surface area contributed by atoms with Crippen LogP contribution >= 0.6 is 0 Å². The Morgan fingerprint density at radius 2 is 1.62 bits per heavy atom. The van der Waals surface area contributed by atoms with E-state index in [2.05, 4.69) is 44.6 Å². The standard InChI is InChI=1S/C21H19N5/c1-14-8-10-17(11-9-14)24-19-13-15(2)23-21(26-19)25-18-7-3-5-16-6-4-12-22-20(16)18/h3-13H,1-2H3,(H2,23,24,25,26). The van der Waals surface area contributed by atoms with Crippen LogP contribution < -0.4 is 10.6 Å². The summed E-state index contributed by atoms with van der Waals surface area (Å²) in [6.45, 7) is 4.02. The van der Waals surface area contributed by atoms with Crippen molar-refractivity contribution in [3.8, 4) is 0 Å². The van der Waals surface area contributed by atoms with Gasteiger partial charge in [0.05, 0.1) is 11.2 Å². The van der Waals surface area contributed by atoms with E-state index in [9.17, 15) is 0 Å². The zero-order valence-electron chi connectivity index (χ0n) is 14.7. The molecule has 0 aliphatic heterocycles. The average molecular weight is 341 g/mol. The maximum atomic E-state index is 4.59. The minimum Gasteiger partial charge on any atom is -0.340 e. The Kier molecular flexibility index (Phi) is 4.19. The summed E-state index contributed by atoms with van der Waals surface area (Å²) in [5.74, 6) is 1.29. The van der Waals surface area contributed by atoms with E-state index in [0.29, 0.717) is 5.95 Å². The fourth-order valence-electron chi connectivity index (χ4n) is 2.80. The Hall–Kier alpha value is -3.47. The molecule has 0 spiro atoms. The number of rotatable bonds is 4. The lowest BCUT2D eigenvalue weighted by atomic mass is 10.2. The summed E-state index contributed by atoms with van der Waals surface area (Å²) in [6.07, 6.45) is 1.79. The summed E-state index contributed by atoms with van der Waals surface area (Å²) < 4.78 is 0. The molecule has 0 saturated carbocycles. The fraction of sp³-hybridized carbons (Fsp3) is 0.0952. The minimum atomic E-state index is 0.540. The van der Waals surface area contributed by atoms with Crippen molar-refractivity contribution in [2.75, 3.05) is 10.6 Å². The summed E-state index contributed by atoms with van der Waals surface area (Å²) in [7, 11) is 0. The van der Waals surface area contributed by atoms with Crippen LogP contribution in [-0.2, 0) is 0 Å². The molecule has 2 N–H and O–H groups in total. The van der Waals surface area contributed by atoms with Crippen LogP contribution in [0.25, 0.3) is 10.9 Å². The van der Waals surface area contributed by atoms with Crippen molar-refractivity contribution >= 4 is 34.0 Å². The van der Waals surface area contributed by atoms with Gasteiger partial charge in [0.1, 0.15) is 5.82 Å². The molecule has 0 saturated heterocycles. The first kappa shape index (κ1) is 16.0. The van der Waals surface area contributed by atoms with Crippen LogP contribution in [-0.4, -0.2) is 15.0 Å². The van der Waals surface area contributed by atoms with Gasteiger partial charge in [0, 0.05) is 29.0 Å². The molecule has 2 aromatic carbocycles. The molecule has 0 radical (unpaired) electrons. The number of aromatic nitrogens is 3. The van der Waals surface area contributed by atoms with E-state index >= 15 is 0 Å². The third-order valence-electron chi connectivity index (χ3n) is 4.06. The van der Waals surface area contributed by atoms with Crippen LogP contribution in [0.15, 0.2) is 66.9 Å². The van der Waals surface area contributed by atoms with Crippen molar-refractivity contribution < 1.29 is 0 Å². The highest BCUT2D eigenvalue weighted by Crippen LogP contribution is 2.24. The van der Waals surface area contributed by atoms with Gasteiger partial charge in [-0.2, -0.15) is 4.98 Å². The zero-order chi connectivity index (χ0) is 17.9. The summed E-state index contributed by atoms with van der Waals surface area (Å²) >= 11 is 0. The summed E-state index contributed by atoms with van der Waals surface area (Å²) in [6, 6.07) is 20.1. The molecule has 128 valence electrons. The SMILES string of the molecule is Cc1ccc(Nc2cc(C)nc(Nc3cccc4cccnc34)n2)cc1. The molecule has 0 amide bonds. The Balaban J connectivity index is 1.64. The van der Waals surface area contributed by atoms with Crippen molar-refractivity contribution in [2.45, 2.75) is 13.8 Å². The summed E-state index contributed by atoms with van der Waals surface area (Å²) in [4.78, 5) is 13.6. The number of nitrogens with one attached hydrogen (secondary N) is 2. The van der Waals surface area contributed by atoms with Crippen LogP contribution in [0.2, 0.25) is 0 Å². The molecule has 0 aliphatic rings. The molecular weight excluding hydrogens is 322 g/mol. The lowest BCUT2D eigenvalue weighted by Gasteiger charge is -2.11. The molecule has 2 heterocycles. The van der Waals surface area contributed by atoms with E-state index in [1.54, 1.807) is 6.20 Å². The van der Waals surface area contributed by atoms with Crippen molar-refractivity contribution in [1.82, 2.24) is 15.0 Å². The third-order valence-corrected chi connectivity index (χ3v) is 4.06. The van der Waals surface area contributed by atoms with Crippen molar-refractivity contribution in [1.29, 1.82) is 0 Å². The minimum absolute atomic E-state index is 0.540. The van der Waals surface area contributed by atoms with Gasteiger partial charge in [0.2, 0.25) is 5.95 Å². The van der Waals surface area contributed by atoms with Gasteiger partial charge in [0.25, 0.3) is 0 Å². The molecule has 4 rings (SSSR count). The van der Waals surface area contributed by atoms with E-state index in [1.165, 1.54) is 5.56 Å². The lowest BCUT2D eigenvalue weighted by molar-refractivity contribution is 1.11. The van der Waals surface area contributed by atoms with Gasteiger partial charge in [-0.15, -0.1) is 0 Å². The maximum Gasteiger partial charge on any atom is 0.229 e. The predicted octanol–water partition coefficient (Wildman–Crippen LogP) is 5.13. The third kappa shape index (κ3) is 3.47. The number of fused-ring (bicyclic) bond motifs is 1. The quantitative estimate of drug-likeness (QED) is 0.539. The number of benzene rings is 2. The van der Waals surface area contributed by atoms with Gasteiger partial charge in [-0.3, -0.25) is 4.98 Å². The molecule has 0 aliphatic carbocycles. The molecule has 5 heteroatoms. The van der Waals surface area contributed by atoms with Crippen LogP contribution in [0.5, 0.6) is 0 Å². The molecule has 0 unspecified atom stereocenters. The smallest absolute Gasteiger partial charge is 0.229 e. The van der Waals surface area contributed by atoms with Gasteiger partial charge in [-0.1, -0.05) is 35.9 Å². The number of para-hydroxylation sites is 1. The largest absolute Gasteiger partial charge is 0.340 e. The van der Waals surface area contributed by atoms with Gasteiger partial charge < -0.3 is 10.6 Å². The lowest BCUT2D eigenvalue weighted by Crippen LogP contribution is -2.03. The highest BCUT2D eigenvalue weighted by atomic mass is 15.1. The number of aryl methyl sites for hydroxylation is 2. The summed E-state index contributed by atoms with van der Waals surface area (Å²) in [5, 5.41) is 7.70. The first-order valence-electron chi connectivity index (χ1n) is 8.47. The van der Waals surface area contributed by atoms with E-state index in [4.69, 9.17) is 0 Å². The molecule has 5 nitrogen and oxygen atoms in total. The fourth-order valence-corrected chi connectivity index (χ4v) is 2.80. The second-order valence-corrected chi connectivity index (χ2v) is 6.21. The highest BCUT2D eigenvalue weighted by molar-refractivity contribution is 5.91. The zero-order valence-corrected chi connectivity index (χ0v) is 14.7. The first-order chi connectivity index (χ1) is 12.7. The first-order valence-corrected chi connectivity index (χ1v) is 8.47. The molecule has 2 aromatic heterocycles. The molecule has 0 atom stereocenters. The topological polar surface area (TPSA) is 62.7 Å². The predicted molar refractivity (Wildman–Crippen MR) is 106 cm³/mol. The van der Waals surface area contributed by atoms with Gasteiger partial charge >= 0.3 is 0 Å². The molecule has 0 bridgehead atoms. The van der Waals surface area contributed by atoms with Crippen LogP contribution in [0, 0.1) is 13.8 Å².